The Hall–Kier alpha value is -1.65. The van der Waals surface area contributed by atoms with Crippen molar-refractivity contribution in [1.29, 1.82) is 0 Å². The second-order valence-corrected chi connectivity index (χ2v) is 5.34. The van der Waals surface area contributed by atoms with Crippen molar-refractivity contribution in [2.75, 3.05) is 14.2 Å². The highest BCUT2D eigenvalue weighted by Gasteiger charge is 2.61. The number of hydrogen-bond acceptors (Lipinski definition) is 5. The largest absolute Gasteiger partial charge is 0.468 e. The molecule has 1 rings (SSSR count). The van der Waals surface area contributed by atoms with E-state index in [9.17, 15) is 14.4 Å². The van der Waals surface area contributed by atoms with Crippen LogP contribution >= 0.6 is 0 Å². The third kappa shape index (κ3) is 2.07. The quantitative estimate of drug-likeness (QED) is 0.334. The number of methoxy groups -OCH3 is 2. The van der Waals surface area contributed by atoms with Crippen molar-refractivity contribution in [3.05, 3.63) is 12.2 Å². The van der Waals surface area contributed by atoms with Crippen LogP contribution in [0, 0.1) is 16.7 Å². The van der Waals surface area contributed by atoms with Gasteiger partial charge >= 0.3 is 11.9 Å². The predicted molar refractivity (Wildman–Crippen MR) is 68.2 cm³/mol. The second kappa shape index (κ2) is 5.15. The second-order valence-electron chi connectivity index (χ2n) is 5.34. The van der Waals surface area contributed by atoms with E-state index in [-0.39, 0.29) is 18.8 Å². The highest BCUT2D eigenvalue weighted by Crippen LogP contribution is 2.56. The third-order valence-corrected chi connectivity index (χ3v) is 4.16. The number of allylic oxidation sites excluding steroid dienone is 1. The lowest BCUT2D eigenvalue weighted by molar-refractivity contribution is -0.169. The molecule has 0 amide bonds. The Morgan fingerprint density at radius 1 is 1.26 bits per heavy atom. The molecule has 5 heteroatoms. The van der Waals surface area contributed by atoms with Crippen LogP contribution < -0.4 is 0 Å². The molecule has 1 fully saturated rings. The van der Waals surface area contributed by atoms with Crippen LogP contribution in [0.25, 0.3) is 0 Å². The standard InChI is InChI=1S/C14H20O5/c1-9(2)14(8-15)7-13(6-10(14)3,11(16)18-4)12(17)19-5/h8-9H,3,6-7H2,1-2,4-5H3. The summed E-state index contributed by atoms with van der Waals surface area (Å²) in [4.78, 5) is 35.6. The molecule has 0 heterocycles. The zero-order chi connectivity index (χ0) is 14.8. The highest BCUT2D eigenvalue weighted by atomic mass is 16.5. The van der Waals surface area contributed by atoms with Crippen molar-refractivity contribution in [1.82, 2.24) is 0 Å². The SMILES string of the molecule is C=C1CC(C(=O)OC)(C(=O)OC)CC1(C=O)C(C)C. The van der Waals surface area contributed by atoms with Gasteiger partial charge in [0.15, 0.2) is 5.41 Å². The van der Waals surface area contributed by atoms with Gasteiger partial charge in [0.25, 0.3) is 0 Å². The van der Waals surface area contributed by atoms with E-state index in [1.54, 1.807) is 0 Å². The van der Waals surface area contributed by atoms with Crippen molar-refractivity contribution < 1.29 is 23.9 Å². The predicted octanol–water partition coefficient (Wildman–Crippen LogP) is 1.51. The fourth-order valence-corrected chi connectivity index (χ4v) is 2.85. The van der Waals surface area contributed by atoms with Gasteiger partial charge in [-0.3, -0.25) is 9.59 Å². The Morgan fingerprint density at radius 2 is 1.74 bits per heavy atom. The molecule has 0 aromatic rings. The average molecular weight is 268 g/mol. The minimum absolute atomic E-state index is 0.0549. The van der Waals surface area contributed by atoms with Crippen LogP contribution in [0.4, 0.5) is 0 Å². The van der Waals surface area contributed by atoms with Crippen molar-refractivity contribution in [3.8, 4) is 0 Å². The van der Waals surface area contributed by atoms with Crippen LogP contribution in [0.2, 0.25) is 0 Å². The number of ether oxygens (including phenoxy) is 2. The molecule has 0 aliphatic heterocycles. The molecule has 5 nitrogen and oxygen atoms in total. The number of rotatable bonds is 4. The fraction of sp³-hybridized carbons (Fsp3) is 0.643. The van der Waals surface area contributed by atoms with Gasteiger partial charge in [0, 0.05) is 0 Å². The topological polar surface area (TPSA) is 69.7 Å². The lowest BCUT2D eigenvalue weighted by atomic mass is 9.72. The Bertz CT molecular complexity index is 408. The van der Waals surface area contributed by atoms with E-state index in [4.69, 9.17) is 9.47 Å². The molecule has 1 saturated carbocycles. The molecule has 1 unspecified atom stereocenters. The summed E-state index contributed by atoms with van der Waals surface area (Å²) in [5.41, 5.74) is -1.76. The van der Waals surface area contributed by atoms with Crippen molar-refractivity contribution in [3.63, 3.8) is 0 Å². The lowest BCUT2D eigenvalue weighted by Crippen LogP contribution is -2.41. The normalized spacial score (nSPS) is 25.2. The van der Waals surface area contributed by atoms with Crippen molar-refractivity contribution in [2.24, 2.45) is 16.7 Å². The summed E-state index contributed by atoms with van der Waals surface area (Å²) in [6.07, 6.45) is 0.927. The van der Waals surface area contributed by atoms with Gasteiger partial charge in [-0.15, -0.1) is 0 Å². The molecule has 0 spiro atoms. The van der Waals surface area contributed by atoms with Gasteiger partial charge in [-0.2, -0.15) is 0 Å². The molecule has 0 N–H and O–H groups in total. The fourth-order valence-electron chi connectivity index (χ4n) is 2.85. The summed E-state index contributed by atoms with van der Waals surface area (Å²) in [7, 11) is 2.43. The first kappa shape index (κ1) is 15.4. The molecule has 106 valence electrons. The zero-order valence-electron chi connectivity index (χ0n) is 11.8. The number of esters is 2. The summed E-state index contributed by atoms with van der Waals surface area (Å²) < 4.78 is 9.46. The maximum absolute atomic E-state index is 12.0. The zero-order valence-corrected chi connectivity index (χ0v) is 11.8. The van der Waals surface area contributed by atoms with E-state index in [1.807, 2.05) is 13.8 Å². The summed E-state index contributed by atoms with van der Waals surface area (Å²) in [5, 5.41) is 0. The van der Waals surface area contributed by atoms with Crippen molar-refractivity contribution >= 4 is 18.2 Å². The summed E-state index contributed by atoms with van der Waals surface area (Å²) in [6.45, 7) is 7.61. The molecule has 1 aliphatic rings. The molecule has 1 atom stereocenters. The lowest BCUT2D eigenvalue weighted by Gasteiger charge is -2.30. The van der Waals surface area contributed by atoms with Gasteiger partial charge in [-0.1, -0.05) is 26.0 Å². The molecule has 1 aliphatic carbocycles. The Kier molecular flexibility index (Phi) is 4.18. The third-order valence-electron chi connectivity index (χ3n) is 4.16. The first-order valence-corrected chi connectivity index (χ1v) is 6.12. The maximum atomic E-state index is 12.0. The van der Waals surface area contributed by atoms with Gasteiger partial charge in [-0.05, 0) is 18.8 Å². The van der Waals surface area contributed by atoms with Crippen LogP contribution in [0.15, 0.2) is 12.2 Å². The first-order chi connectivity index (χ1) is 8.80. The Morgan fingerprint density at radius 3 is 2.00 bits per heavy atom. The van der Waals surface area contributed by atoms with Gasteiger partial charge < -0.3 is 14.3 Å². The maximum Gasteiger partial charge on any atom is 0.323 e. The Labute approximate surface area is 112 Å². The molecular formula is C14H20O5. The number of aldehydes is 1. The molecule has 0 radical (unpaired) electrons. The highest BCUT2D eigenvalue weighted by molar-refractivity contribution is 6.02. The number of carbonyl (C=O) groups excluding carboxylic acids is 3. The average Bonchev–Trinajstić information content (AvgIpc) is 2.72. The summed E-state index contributed by atoms with van der Waals surface area (Å²) >= 11 is 0. The van der Waals surface area contributed by atoms with E-state index in [1.165, 1.54) is 14.2 Å². The molecule has 0 aromatic heterocycles. The van der Waals surface area contributed by atoms with Gasteiger partial charge in [0.1, 0.15) is 6.29 Å². The minimum Gasteiger partial charge on any atom is -0.468 e. The Balaban J connectivity index is 3.33. The van der Waals surface area contributed by atoms with E-state index in [0.29, 0.717) is 5.57 Å². The van der Waals surface area contributed by atoms with E-state index >= 15 is 0 Å². The first-order valence-electron chi connectivity index (χ1n) is 6.12. The molecular weight excluding hydrogens is 248 g/mol. The van der Waals surface area contributed by atoms with E-state index in [2.05, 4.69) is 6.58 Å². The smallest absolute Gasteiger partial charge is 0.323 e. The van der Waals surface area contributed by atoms with Gasteiger partial charge in [0.2, 0.25) is 0 Å². The molecule has 0 bridgehead atoms. The summed E-state index contributed by atoms with van der Waals surface area (Å²) in [6, 6.07) is 0. The van der Waals surface area contributed by atoms with E-state index < -0.39 is 22.8 Å². The van der Waals surface area contributed by atoms with Crippen LogP contribution in [0.1, 0.15) is 26.7 Å². The monoisotopic (exact) mass is 268 g/mol. The minimum atomic E-state index is -1.45. The van der Waals surface area contributed by atoms with Crippen LogP contribution in [-0.4, -0.2) is 32.4 Å². The number of carbonyl (C=O) groups is 3. The molecule has 19 heavy (non-hydrogen) atoms. The van der Waals surface area contributed by atoms with Gasteiger partial charge in [0.05, 0.1) is 19.6 Å². The van der Waals surface area contributed by atoms with Crippen LogP contribution in [0.3, 0.4) is 0 Å². The van der Waals surface area contributed by atoms with Gasteiger partial charge in [-0.25, -0.2) is 0 Å². The van der Waals surface area contributed by atoms with Crippen molar-refractivity contribution in [2.45, 2.75) is 26.7 Å². The van der Waals surface area contributed by atoms with Crippen LogP contribution in [-0.2, 0) is 23.9 Å². The summed E-state index contributed by atoms with van der Waals surface area (Å²) in [5.74, 6) is -1.41. The molecule has 0 aromatic carbocycles. The van der Waals surface area contributed by atoms with Crippen LogP contribution in [0.5, 0.6) is 0 Å². The number of hydrogen-bond donors (Lipinski definition) is 0. The molecule has 0 saturated heterocycles. The van der Waals surface area contributed by atoms with E-state index in [0.717, 1.165) is 6.29 Å².